The maximum Gasteiger partial charge on any atom is 0.256 e. The van der Waals surface area contributed by atoms with Gasteiger partial charge < -0.3 is 14.8 Å². The highest BCUT2D eigenvalue weighted by Gasteiger charge is 2.18. The molecule has 1 aliphatic rings. The number of nitrogens with one attached hydrogen (secondary N) is 1. The molecular formula is C20H18FN3OS. The second-order valence-electron chi connectivity index (χ2n) is 6.53. The lowest BCUT2D eigenvalue weighted by Crippen LogP contribution is -2.34. The summed E-state index contributed by atoms with van der Waals surface area (Å²) in [5.74, 6) is -0.327. The molecule has 0 fully saturated rings. The summed E-state index contributed by atoms with van der Waals surface area (Å²) in [4.78, 5) is 14.6. The quantitative estimate of drug-likeness (QED) is 0.719. The molecule has 0 bridgehead atoms. The molecule has 1 aliphatic heterocycles. The van der Waals surface area contributed by atoms with Gasteiger partial charge in [0.15, 0.2) is 5.11 Å². The first-order chi connectivity index (χ1) is 12.5. The first kappa shape index (κ1) is 16.7. The van der Waals surface area contributed by atoms with Crippen molar-refractivity contribution in [1.82, 2.24) is 9.47 Å². The predicted octanol–water partition coefficient (Wildman–Crippen LogP) is 3.53. The highest BCUT2D eigenvalue weighted by Crippen LogP contribution is 2.24. The molecule has 0 aliphatic carbocycles. The molecule has 132 valence electrons. The Morgan fingerprint density at radius 1 is 1.27 bits per heavy atom. The van der Waals surface area contributed by atoms with Crippen LogP contribution in [0.3, 0.4) is 0 Å². The molecule has 0 amide bonds. The summed E-state index contributed by atoms with van der Waals surface area (Å²) in [6.45, 7) is 1.11. The lowest BCUT2D eigenvalue weighted by atomic mass is 10.1. The smallest absolute Gasteiger partial charge is 0.256 e. The largest absolute Gasteiger partial charge is 0.348 e. The van der Waals surface area contributed by atoms with Crippen LogP contribution in [0.15, 0.2) is 53.3 Å². The van der Waals surface area contributed by atoms with Crippen LogP contribution < -0.4 is 10.9 Å². The van der Waals surface area contributed by atoms with E-state index in [4.69, 9.17) is 12.2 Å². The number of rotatable bonds is 3. The van der Waals surface area contributed by atoms with E-state index in [1.165, 1.54) is 17.7 Å². The van der Waals surface area contributed by atoms with Crippen LogP contribution in [0.4, 0.5) is 10.1 Å². The van der Waals surface area contributed by atoms with E-state index in [0.717, 1.165) is 23.9 Å². The molecular weight excluding hydrogens is 349 g/mol. The van der Waals surface area contributed by atoms with Crippen LogP contribution in [0.2, 0.25) is 0 Å². The van der Waals surface area contributed by atoms with Gasteiger partial charge >= 0.3 is 0 Å². The SMILES string of the molecule is CN(Cc1cc2cccc3c2n(c1=O)CC3)C(=S)Nc1cccc(F)c1. The molecule has 3 aromatic rings. The van der Waals surface area contributed by atoms with Crippen molar-refractivity contribution in [2.45, 2.75) is 19.5 Å². The van der Waals surface area contributed by atoms with Crippen molar-refractivity contribution in [1.29, 1.82) is 0 Å². The molecule has 0 spiro atoms. The van der Waals surface area contributed by atoms with Crippen LogP contribution in [-0.4, -0.2) is 21.6 Å². The lowest BCUT2D eigenvalue weighted by molar-refractivity contribution is 0.502. The van der Waals surface area contributed by atoms with E-state index < -0.39 is 0 Å². The van der Waals surface area contributed by atoms with Crippen LogP contribution in [0.1, 0.15) is 11.1 Å². The zero-order valence-corrected chi connectivity index (χ0v) is 15.1. The molecule has 0 atom stereocenters. The van der Waals surface area contributed by atoms with Crippen LogP contribution >= 0.6 is 12.2 Å². The van der Waals surface area contributed by atoms with Crippen molar-refractivity contribution in [3.05, 3.63) is 75.8 Å². The number of para-hydroxylation sites is 1. The van der Waals surface area contributed by atoms with E-state index >= 15 is 0 Å². The fourth-order valence-corrected chi connectivity index (χ4v) is 3.64. The normalized spacial score (nSPS) is 12.4. The molecule has 4 nitrogen and oxygen atoms in total. The Morgan fingerprint density at radius 2 is 2.08 bits per heavy atom. The zero-order chi connectivity index (χ0) is 18.3. The summed E-state index contributed by atoms with van der Waals surface area (Å²) in [7, 11) is 1.82. The number of hydrogen-bond acceptors (Lipinski definition) is 2. The van der Waals surface area contributed by atoms with E-state index in [1.54, 1.807) is 17.0 Å². The maximum atomic E-state index is 13.3. The molecule has 4 rings (SSSR count). The summed E-state index contributed by atoms with van der Waals surface area (Å²) in [5.41, 5.74) is 3.58. The van der Waals surface area contributed by atoms with Gasteiger partial charge in [-0.1, -0.05) is 24.3 Å². The molecule has 1 aromatic heterocycles. The van der Waals surface area contributed by atoms with Crippen LogP contribution in [-0.2, 0) is 19.5 Å². The molecule has 0 unspecified atom stereocenters. The first-order valence-corrected chi connectivity index (χ1v) is 8.86. The van der Waals surface area contributed by atoms with Crippen molar-refractivity contribution in [2.24, 2.45) is 0 Å². The second-order valence-corrected chi connectivity index (χ2v) is 6.91. The van der Waals surface area contributed by atoms with E-state index in [9.17, 15) is 9.18 Å². The average molecular weight is 367 g/mol. The molecule has 0 radical (unpaired) electrons. The number of hydrogen-bond donors (Lipinski definition) is 1. The Labute approximate surface area is 155 Å². The van der Waals surface area contributed by atoms with E-state index in [1.807, 2.05) is 29.8 Å². The zero-order valence-electron chi connectivity index (χ0n) is 14.3. The minimum absolute atomic E-state index is 0.0304. The number of benzene rings is 2. The Bertz CT molecular complexity index is 1080. The van der Waals surface area contributed by atoms with E-state index in [0.29, 0.717) is 22.9 Å². The van der Waals surface area contributed by atoms with Crippen LogP contribution in [0.25, 0.3) is 10.9 Å². The molecule has 2 heterocycles. The monoisotopic (exact) mass is 367 g/mol. The Kier molecular flexibility index (Phi) is 4.20. The highest BCUT2D eigenvalue weighted by molar-refractivity contribution is 7.80. The summed E-state index contributed by atoms with van der Waals surface area (Å²) in [6, 6.07) is 14.2. The average Bonchev–Trinajstić information content (AvgIpc) is 3.05. The lowest BCUT2D eigenvalue weighted by Gasteiger charge is -2.21. The molecule has 26 heavy (non-hydrogen) atoms. The number of nitrogens with zero attached hydrogens (tertiary/aromatic N) is 2. The number of halogens is 1. The number of pyridine rings is 1. The van der Waals surface area contributed by atoms with Gasteiger partial charge in [0.1, 0.15) is 5.82 Å². The summed E-state index contributed by atoms with van der Waals surface area (Å²) in [5, 5.41) is 4.52. The molecule has 0 saturated carbocycles. The summed E-state index contributed by atoms with van der Waals surface area (Å²) < 4.78 is 15.2. The first-order valence-electron chi connectivity index (χ1n) is 8.45. The second kappa shape index (κ2) is 6.53. The number of aryl methyl sites for hydroxylation is 2. The Morgan fingerprint density at radius 3 is 2.88 bits per heavy atom. The Hall–Kier alpha value is -2.73. The van der Waals surface area contributed by atoms with Crippen molar-refractivity contribution in [3.8, 4) is 0 Å². The van der Waals surface area contributed by atoms with Gasteiger partial charge in [-0.15, -0.1) is 0 Å². The Balaban J connectivity index is 1.59. The molecule has 6 heteroatoms. The van der Waals surface area contributed by atoms with Crippen molar-refractivity contribution < 1.29 is 4.39 Å². The standard InChI is InChI=1S/C20H18FN3OS/c1-23(20(26)22-17-7-3-6-16(21)11-17)12-15-10-14-5-2-4-13-8-9-24(18(13)14)19(15)25/h2-7,10-11H,8-9,12H2,1H3,(H,22,26). The number of thiocarbonyl (C=S) groups is 1. The van der Waals surface area contributed by atoms with Crippen LogP contribution in [0, 0.1) is 5.82 Å². The summed E-state index contributed by atoms with van der Waals surface area (Å²) >= 11 is 5.40. The number of aromatic nitrogens is 1. The van der Waals surface area contributed by atoms with Gasteiger partial charge in [0.2, 0.25) is 0 Å². The van der Waals surface area contributed by atoms with Crippen LogP contribution in [0.5, 0.6) is 0 Å². The van der Waals surface area contributed by atoms with Gasteiger partial charge in [0.25, 0.3) is 5.56 Å². The molecule has 0 saturated heterocycles. The van der Waals surface area contributed by atoms with Gasteiger partial charge in [-0.2, -0.15) is 0 Å². The third-order valence-corrected chi connectivity index (χ3v) is 5.12. The third kappa shape index (κ3) is 2.97. The molecule has 1 N–H and O–H groups in total. The van der Waals surface area contributed by atoms with Crippen molar-refractivity contribution in [3.63, 3.8) is 0 Å². The summed E-state index contributed by atoms with van der Waals surface area (Å²) in [6.07, 6.45) is 0.894. The highest BCUT2D eigenvalue weighted by atomic mass is 32.1. The fourth-order valence-electron chi connectivity index (χ4n) is 3.45. The van der Waals surface area contributed by atoms with Gasteiger partial charge in [-0.05, 0) is 53.9 Å². The maximum absolute atomic E-state index is 13.3. The van der Waals surface area contributed by atoms with Crippen molar-refractivity contribution in [2.75, 3.05) is 12.4 Å². The molecule has 2 aromatic carbocycles. The van der Waals surface area contributed by atoms with Gasteiger partial charge in [0.05, 0.1) is 12.1 Å². The third-order valence-electron chi connectivity index (χ3n) is 4.71. The fraction of sp³-hybridized carbons (Fsp3) is 0.200. The van der Waals surface area contributed by atoms with E-state index in [2.05, 4.69) is 11.4 Å². The minimum Gasteiger partial charge on any atom is -0.348 e. The number of anilines is 1. The van der Waals surface area contributed by atoms with Crippen molar-refractivity contribution >= 4 is 33.9 Å². The topological polar surface area (TPSA) is 37.3 Å². The van der Waals surface area contributed by atoms with Gasteiger partial charge in [-0.3, -0.25) is 4.79 Å². The predicted molar refractivity (Wildman–Crippen MR) is 106 cm³/mol. The van der Waals surface area contributed by atoms with Gasteiger partial charge in [0, 0.05) is 24.8 Å². The van der Waals surface area contributed by atoms with Gasteiger partial charge in [-0.25, -0.2) is 4.39 Å². The van der Waals surface area contributed by atoms with E-state index in [-0.39, 0.29) is 11.4 Å². The minimum atomic E-state index is -0.327.